The Balaban J connectivity index is 3.75. The lowest BCUT2D eigenvalue weighted by molar-refractivity contribution is 0.487. The van der Waals surface area contributed by atoms with Crippen molar-refractivity contribution in [1.29, 1.82) is 0 Å². The molecule has 0 fully saturated rings. The van der Waals surface area contributed by atoms with Crippen molar-refractivity contribution in [2.75, 3.05) is 11.3 Å². The Labute approximate surface area is 50.8 Å². The van der Waals surface area contributed by atoms with E-state index in [0.717, 1.165) is 0 Å². The van der Waals surface area contributed by atoms with Gasteiger partial charge in [-0.1, -0.05) is 0 Å². The fourth-order valence-corrected chi connectivity index (χ4v) is 1.89. The van der Waals surface area contributed by atoms with Crippen LogP contribution < -0.4 is 0 Å². The zero-order valence-corrected chi connectivity index (χ0v) is 5.83. The van der Waals surface area contributed by atoms with Gasteiger partial charge in [0, 0.05) is 0 Å². The maximum atomic E-state index is 10.0. The Morgan fingerprint density at radius 1 is 1.75 bits per heavy atom. The predicted octanol–water partition coefficient (Wildman–Crippen LogP) is -0.790. The minimum absolute atomic E-state index is 0.674. The van der Waals surface area contributed by atoms with Crippen molar-refractivity contribution in [3.8, 4) is 0 Å². The van der Waals surface area contributed by atoms with Crippen molar-refractivity contribution >= 4 is 21.3 Å². The monoisotopic (exact) mass is 158 g/mol. The summed E-state index contributed by atoms with van der Waals surface area (Å²) in [5.41, 5.74) is 0. The zero-order chi connectivity index (χ0) is 6.78. The van der Waals surface area contributed by atoms with Crippen molar-refractivity contribution < 1.29 is 17.5 Å². The second-order valence-electron chi connectivity index (χ2n) is 1.27. The molecule has 0 aromatic heterocycles. The highest BCUT2D eigenvalue weighted by Gasteiger charge is 2.10. The van der Waals surface area contributed by atoms with Crippen LogP contribution in [0.25, 0.3) is 0 Å². The maximum Gasteiger partial charge on any atom is 0.311 e. The zero-order valence-electron chi connectivity index (χ0n) is 4.20. The van der Waals surface area contributed by atoms with E-state index < -0.39 is 26.4 Å². The van der Waals surface area contributed by atoms with Gasteiger partial charge in [-0.25, -0.2) is 0 Å². The Bertz CT molecular complexity index is 145. The molecular formula is C2H6O4S2. The smallest absolute Gasteiger partial charge is 0.311 e. The van der Waals surface area contributed by atoms with E-state index in [0.29, 0.717) is 0 Å². The summed E-state index contributed by atoms with van der Waals surface area (Å²) in [4.78, 5) is 0. The summed E-state index contributed by atoms with van der Waals surface area (Å²) in [6.07, 6.45) is 1.20. The fraction of sp³-hybridized carbons (Fsp3) is 1.00. The van der Waals surface area contributed by atoms with E-state index in [1.54, 1.807) is 0 Å². The summed E-state index contributed by atoms with van der Waals surface area (Å²) >= 11 is -1.47. The predicted molar refractivity (Wildman–Crippen MR) is 30.5 cm³/mol. The quantitative estimate of drug-likeness (QED) is 0.422. The van der Waals surface area contributed by atoms with Gasteiger partial charge in [-0.15, -0.1) is 0 Å². The van der Waals surface area contributed by atoms with Gasteiger partial charge in [-0.2, -0.15) is 8.42 Å². The van der Waals surface area contributed by atoms with Crippen molar-refractivity contribution in [1.82, 2.24) is 0 Å². The number of rotatable bonds is 2. The SMILES string of the molecule is C[S+]([O-])CS(=O)(=O)O. The van der Waals surface area contributed by atoms with E-state index in [1.807, 2.05) is 0 Å². The number of hydrogen-bond donors (Lipinski definition) is 1. The first kappa shape index (κ1) is 8.22. The van der Waals surface area contributed by atoms with Crippen LogP contribution in [0.15, 0.2) is 0 Å². The average Bonchev–Trinajstić information content (AvgIpc) is 1.21. The molecule has 0 radical (unpaired) electrons. The first-order chi connectivity index (χ1) is 3.42. The first-order valence-corrected chi connectivity index (χ1v) is 5.00. The fourth-order valence-electron chi connectivity index (χ4n) is 0.210. The molecule has 0 aliphatic heterocycles. The molecule has 0 saturated carbocycles. The van der Waals surface area contributed by atoms with E-state index in [9.17, 15) is 13.0 Å². The lowest BCUT2D eigenvalue weighted by Gasteiger charge is -1.99. The minimum atomic E-state index is -4.02. The van der Waals surface area contributed by atoms with Gasteiger partial charge in [0.1, 0.15) is 0 Å². The Morgan fingerprint density at radius 2 is 2.12 bits per heavy atom. The molecule has 4 nitrogen and oxygen atoms in total. The average molecular weight is 158 g/mol. The molecular weight excluding hydrogens is 152 g/mol. The number of hydrogen-bond acceptors (Lipinski definition) is 3. The molecule has 0 saturated heterocycles. The molecule has 50 valence electrons. The van der Waals surface area contributed by atoms with E-state index in [-0.39, 0.29) is 0 Å². The highest BCUT2D eigenvalue weighted by Crippen LogP contribution is 1.88. The normalized spacial score (nSPS) is 15.9. The third-order valence-electron chi connectivity index (χ3n) is 0.315. The Morgan fingerprint density at radius 3 is 2.12 bits per heavy atom. The van der Waals surface area contributed by atoms with Crippen LogP contribution in [0.1, 0.15) is 0 Å². The maximum absolute atomic E-state index is 10.0. The van der Waals surface area contributed by atoms with E-state index in [1.165, 1.54) is 6.26 Å². The van der Waals surface area contributed by atoms with E-state index in [2.05, 4.69) is 0 Å². The second-order valence-corrected chi connectivity index (χ2v) is 4.53. The lowest BCUT2D eigenvalue weighted by atomic mass is 11.9. The molecule has 0 aliphatic carbocycles. The molecule has 8 heavy (non-hydrogen) atoms. The topological polar surface area (TPSA) is 77.4 Å². The van der Waals surface area contributed by atoms with Gasteiger partial charge >= 0.3 is 10.1 Å². The minimum Gasteiger partial charge on any atom is -0.616 e. The molecule has 1 N–H and O–H groups in total. The van der Waals surface area contributed by atoms with Crippen molar-refractivity contribution in [3.05, 3.63) is 0 Å². The molecule has 0 spiro atoms. The molecule has 0 aromatic rings. The van der Waals surface area contributed by atoms with Gasteiger partial charge in [0.2, 0.25) is 5.08 Å². The largest absolute Gasteiger partial charge is 0.616 e. The molecule has 0 bridgehead atoms. The van der Waals surface area contributed by atoms with Crippen LogP contribution in [0.4, 0.5) is 0 Å². The molecule has 1 unspecified atom stereocenters. The van der Waals surface area contributed by atoms with Crippen molar-refractivity contribution in [2.45, 2.75) is 0 Å². The second kappa shape index (κ2) is 2.67. The van der Waals surface area contributed by atoms with Crippen LogP contribution in [-0.4, -0.2) is 28.9 Å². The van der Waals surface area contributed by atoms with Crippen LogP contribution in [0, 0.1) is 0 Å². The standard InChI is InChI=1S/C2H6O4S2/c1-7(3)2-8(4,5)6/h2H2,1H3,(H,4,5,6). The molecule has 0 aromatic carbocycles. The first-order valence-electron chi connectivity index (χ1n) is 1.67. The van der Waals surface area contributed by atoms with Crippen LogP contribution in [0.5, 0.6) is 0 Å². The van der Waals surface area contributed by atoms with Crippen LogP contribution in [0.2, 0.25) is 0 Å². The highest BCUT2D eigenvalue weighted by molar-refractivity contribution is 8.05. The third kappa shape index (κ3) is 6.22. The summed E-state index contributed by atoms with van der Waals surface area (Å²) in [5.74, 6) is 0. The molecule has 1 atom stereocenters. The van der Waals surface area contributed by atoms with Gasteiger partial charge in [0.05, 0.1) is 6.26 Å². The van der Waals surface area contributed by atoms with Crippen molar-refractivity contribution in [3.63, 3.8) is 0 Å². The van der Waals surface area contributed by atoms with Gasteiger partial charge < -0.3 is 4.55 Å². The molecule has 0 rings (SSSR count). The van der Waals surface area contributed by atoms with Crippen LogP contribution >= 0.6 is 0 Å². The molecule has 6 heteroatoms. The van der Waals surface area contributed by atoms with Crippen LogP contribution in [0.3, 0.4) is 0 Å². The molecule has 0 amide bonds. The van der Waals surface area contributed by atoms with Gasteiger partial charge in [0.25, 0.3) is 0 Å². The summed E-state index contributed by atoms with van der Waals surface area (Å²) in [5, 5.41) is -0.674. The van der Waals surface area contributed by atoms with Gasteiger partial charge in [0.15, 0.2) is 0 Å². The van der Waals surface area contributed by atoms with Gasteiger partial charge in [-0.3, -0.25) is 4.55 Å². The lowest BCUT2D eigenvalue weighted by Crippen LogP contribution is -2.13. The van der Waals surface area contributed by atoms with Gasteiger partial charge in [-0.05, 0) is 11.2 Å². The Hall–Kier alpha value is 0.220. The Kier molecular flexibility index (Phi) is 2.75. The highest BCUT2D eigenvalue weighted by atomic mass is 32.3. The summed E-state index contributed by atoms with van der Waals surface area (Å²) in [7, 11) is -4.02. The van der Waals surface area contributed by atoms with E-state index >= 15 is 0 Å². The third-order valence-corrected chi connectivity index (χ3v) is 2.83. The summed E-state index contributed by atoms with van der Waals surface area (Å²) < 4.78 is 37.6. The van der Waals surface area contributed by atoms with E-state index in [4.69, 9.17) is 4.55 Å². The summed E-state index contributed by atoms with van der Waals surface area (Å²) in [6.45, 7) is 0. The van der Waals surface area contributed by atoms with Crippen molar-refractivity contribution in [2.24, 2.45) is 0 Å². The van der Waals surface area contributed by atoms with Crippen LogP contribution in [-0.2, 0) is 21.3 Å². The molecule has 0 heterocycles. The summed E-state index contributed by atoms with van der Waals surface area (Å²) in [6, 6.07) is 0. The molecule has 0 aliphatic rings.